The average molecular weight is 271 g/mol. The van der Waals surface area contributed by atoms with E-state index in [1.165, 1.54) is 21.7 Å². The topological polar surface area (TPSA) is 12.9 Å². The van der Waals surface area contributed by atoms with Gasteiger partial charge in [-0.3, -0.25) is 4.98 Å². The highest BCUT2D eigenvalue weighted by Gasteiger charge is 1.92. The Labute approximate surface area is 124 Å². The highest BCUT2D eigenvalue weighted by Crippen LogP contribution is 2.16. The fourth-order valence-corrected chi connectivity index (χ4v) is 2.40. The molecule has 102 valence electrons. The number of nitrogens with zero attached hydrogens (tertiary/aromatic N) is 1. The second-order valence-electron chi connectivity index (χ2n) is 4.99. The summed E-state index contributed by atoms with van der Waals surface area (Å²) in [7, 11) is 0. The summed E-state index contributed by atoms with van der Waals surface area (Å²) in [6.45, 7) is 2.14. The van der Waals surface area contributed by atoms with E-state index in [4.69, 9.17) is 0 Å². The fourth-order valence-electron chi connectivity index (χ4n) is 2.40. The Balaban J connectivity index is 0.000000126. The van der Waals surface area contributed by atoms with E-state index in [2.05, 4.69) is 66.5 Å². The zero-order valence-electron chi connectivity index (χ0n) is 12.0. The van der Waals surface area contributed by atoms with Crippen molar-refractivity contribution in [1.82, 2.24) is 4.98 Å². The van der Waals surface area contributed by atoms with Crippen LogP contribution in [0.25, 0.3) is 21.7 Å². The van der Waals surface area contributed by atoms with Crippen LogP contribution in [-0.4, -0.2) is 4.98 Å². The highest BCUT2D eigenvalue weighted by molar-refractivity contribution is 5.85. The lowest BCUT2D eigenvalue weighted by atomic mass is 10.1. The van der Waals surface area contributed by atoms with E-state index in [0.717, 1.165) is 5.52 Å². The SMILES string of the molecule is Cc1cccc2ccccc12.c1ccc2ncccc2c1. The van der Waals surface area contributed by atoms with Gasteiger partial charge in [-0.15, -0.1) is 0 Å². The van der Waals surface area contributed by atoms with Crippen molar-refractivity contribution in [3.8, 4) is 0 Å². The number of rotatable bonds is 0. The van der Waals surface area contributed by atoms with Crippen molar-refractivity contribution in [1.29, 1.82) is 0 Å². The van der Waals surface area contributed by atoms with Crippen molar-refractivity contribution in [2.45, 2.75) is 6.92 Å². The van der Waals surface area contributed by atoms with Crippen LogP contribution in [0.5, 0.6) is 0 Å². The molecule has 21 heavy (non-hydrogen) atoms. The fraction of sp³-hybridized carbons (Fsp3) is 0.0500. The summed E-state index contributed by atoms with van der Waals surface area (Å²) < 4.78 is 0. The first-order chi connectivity index (χ1) is 10.3. The second-order valence-corrected chi connectivity index (χ2v) is 4.99. The Morgan fingerprint density at radius 1 is 0.619 bits per heavy atom. The van der Waals surface area contributed by atoms with Crippen LogP contribution in [0.2, 0.25) is 0 Å². The first-order valence-corrected chi connectivity index (χ1v) is 7.09. The molecule has 1 heteroatoms. The van der Waals surface area contributed by atoms with Crippen LogP contribution in [0.1, 0.15) is 5.56 Å². The second kappa shape index (κ2) is 6.19. The highest BCUT2D eigenvalue weighted by atomic mass is 14.6. The van der Waals surface area contributed by atoms with Crippen molar-refractivity contribution in [2.24, 2.45) is 0 Å². The molecule has 0 saturated heterocycles. The third-order valence-corrected chi connectivity index (χ3v) is 3.52. The molecule has 3 aromatic carbocycles. The quantitative estimate of drug-likeness (QED) is 0.418. The van der Waals surface area contributed by atoms with Gasteiger partial charge in [0.1, 0.15) is 0 Å². The Bertz CT molecular complexity index is 794. The molecular weight excluding hydrogens is 254 g/mol. The van der Waals surface area contributed by atoms with Gasteiger partial charge in [-0.05, 0) is 35.4 Å². The van der Waals surface area contributed by atoms with E-state index in [9.17, 15) is 0 Å². The molecule has 0 aliphatic heterocycles. The largest absolute Gasteiger partial charge is 0.256 e. The van der Waals surface area contributed by atoms with Crippen LogP contribution < -0.4 is 0 Å². The summed E-state index contributed by atoms with van der Waals surface area (Å²) in [5, 5.41) is 3.88. The molecule has 4 aromatic rings. The summed E-state index contributed by atoms with van der Waals surface area (Å²) in [6, 6.07) is 26.9. The normalized spacial score (nSPS) is 10.1. The molecule has 0 aliphatic rings. The van der Waals surface area contributed by atoms with Gasteiger partial charge >= 0.3 is 0 Å². The summed E-state index contributed by atoms with van der Waals surface area (Å²) in [5.74, 6) is 0. The molecule has 0 N–H and O–H groups in total. The maximum atomic E-state index is 4.18. The molecule has 0 unspecified atom stereocenters. The molecule has 0 radical (unpaired) electrons. The monoisotopic (exact) mass is 271 g/mol. The summed E-state index contributed by atoms with van der Waals surface area (Å²) >= 11 is 0. The van der Waals surface area contributed by atoms with Gasteiger partial charge in [-0.1, -0.05) is 66.7 Å². The van der Waals surface area contributed by atoms with Crippen molar-refractivity contribution in [2.75, 3.05) is 0 Å². The van der Waals surface area contributed by atoms with Crippen LogP contribution in [-0.2, 0) is 0 Å². The van der Waals surface area contributed by atoms with E-state index in [0.29, 0.717) is 0 Å². The van der Waals surface area contributed by atoms with E-state index in [1.54, 1.807) is 0 Å². The number of pyridine rings is 1. The first kappa shape index (κ1) is 13.3. The minimum atomic E-state index is 1.06. The Kier molecular flexibility index (Phi) is 3.92. The molecule has 0 saturated carbocycles. The van der Waals surface area contributed by atoms with Crippen molar-refractivity contribution in [3.63, 3.8) is 0 Å². The molecular formula is C20H17N. The molecule has 4 rings (SSSR count). The number of para-hydroxylation sites is 1. The number of fused-ring (bicyclic) bond motifs is 2. The summed E-state index contributed by atoms with van der Waals surface area (Å²) in [5.41, 5.74) is 2.41. The van der Waals surface area contributed by atoms with Gasteiger partial charge in [-0.25, -0.2) is 0 Å². The third-order valence-electron chi connectivity index (χ3n) is 3.52. The smallest absolute Gasteiger partial charge is 0.0701 e. The van der Waals surface area contributed by atoms with E-state index in [1.807, 2.05) is 30.5 Å². The zero-order chi connectivity index (χ0) is 14.5. The molecule has 0 aliphatic carbocycles. The van der Waals surface area contributed by atoms with Gasteiger partial charge in [-0.2, -0.15) is 0 Å². The van der Waals surface area contributed by atoms with Crippen LogP contribution in [0, 0.1) is 6.92 Å². The maximum Gasteiger partial charge on any atom is 0.0701 e. The third kappa shape index (κ3) is 3.09. The van der Waals surface area contributed by atoms with Crippen LogP contribution in [0.3, 0.4) is 0 Å². The molecule has 1 nitrogen and oxygen atoms in total. The number of hydrogen-bond donors (Lipinski definition) is 0. The van der Waals surface area contributed by atoms with Crippen LogP contribution in [0.4, 0.5) is 0 Å². The lowest BCUT2D eigenvalue weighted by Crippen LogP contribution is -1.75. The molecule has 0 fully saturated rings. The van der Waals surface area contributed by atoms with Gasteiger partial charge in [0.15, 0.2) is 0 Å². The van der Waals surface area contributed by atoms with Crippen LogP contribution in [0.15, 0.2) is 85.1 Å². The van der Waals surface area contributed by atoms with Crippen molar-refractivity contribution in [3.05, 3.63) is 90.6 Å². The number of aromatic nitrogens is 1. The molecule has 0 atom stereocenters. The van der Waals surface area contributed by atoms with Gasteiger partial charge < -0.3 is 0 Å². The average Bonchev–Trinajstić information content (AvgIpc) is 2.56. The lowest BCUT2D eigenvalue weighted by molar-refractivity contribution is 1.41. The predicted molar refractivity (Wildman–Crippen MR) is 90.4 cm³/mol. The number of benzene rings is 3. The van der Waals surface area contributed by atoms with E-state index in [-0.39, 0.29) is 0 Å². The Morgan fingerprint density at radius 2 is 1.29 bits per heavy atom. The van der Waals surface area contributed by atoms with Crippen molar-refractivity contribution < 1.29 is 0 Å². The van der Waals surface area contributed by atoms with Gasteiger partial charge in [0.2, 0.25) is 0 Å². The van der Waals surface area contributed by atoms with E-state index < -0.39 is 0 Å². The Hall–Kier alpha value is -2.67. The number of hydrogen-bond acceptors (Lipinski definition) is 1. The maximum absolute atomic E-state index is 4.18. The molecule has 0 amide bonds. The van der Waals surface area contributed by atoms with Gasteiger partial charge in [0.25, 0.3) is 0 Å². The Morgan fingerprint density at radius 3 is 2.10 bits per heavy atom. The van der Waals surface area contributed by atoms with Gasteiger partial charge in [0.05, 0.1) is 5.52 Å². The predicted octanol–water partition coefficient (Wildman–Crippen LogP) is 5.38. The lowest BCUT2D eigenvalue weighted by Gasteiger charge is -1.98. The summed E-state index contributed by atoms with van der Waals surface area (Å²) in [6.07, 6.45) is 1.81. The molecule has 1 heterocycles. The van der Waals surface area contributed by atoms with E-state index >= 15 is 0 Å². The molecule has 1 aromatic heterocycles. The number of aryl methyl sites for hydroxylation is 1. The molecule has 0 spiro atoms. The minimum absolute atomic E-state index is 1.06. The zero-order valence-corrected chi connectivity index (χ0v) is 12.0. The van der Waals surface area contributed by atoms with Gasteiger partial charge in [0, 0.05) is 11.6 Å². The summed E-state index contributed by atoms with van der Waals surface area (Å²) in [4.78, 5) is 4.18. The minimum Gasteiger partial charge on any atom is -0.256 e. The van der Waals surface area contributed by atoms with Crippen LogP contribution >= 0.6 is 0 Å². The van der Waals surface area contributed by atoms with Crippen molar-refractivity contribution >= 4 is 21.7 Å². The molecule has 0 bridgehead atoms. The first-order valence-electron chi connectivity index (χ1n) is 7.09. The standard InChI is InChI=1S/C11H10.C9H7N/c1-9-5-4-7-10-6-2-3-8-11(9)10;1-2-6-9-8(4-1)5-3-7-10-9/h2-8H,1H3;1-7H.